The zero-order valence-corrected chi connectivity index (χ0v) is 28.4. The van der Waals surface area contributed by atoms with Crippen molar-refractivity contribution in [1.82, 2.24) is 5.32 Å². The fourth-order valence-corrected chi connectivity index (χ4v) is 4.20. The molecule has 0 aromatic heterocycles. The standard InChI is InChI=1S/C7H17NO5.C7H12O6.C7H14O6.C7H14O5.4CH4/c1-8-2-4(10)6(12)7(13)5(11)3-9;1-2-3(8)4(9)5(10)6(13-2)7(11)12;1-3(9)5(11)7(13)6(12)4(10)2-8;1-3-5(9)7(11)6(10)4(2-8)12-3;;;;/h4-13H,2-3H2,1H3;2-6,8-10H,1H3,(H,11,12);4-8,10-13H,2H2,1H3;3-11H,2H2,1H3;4*1H4/t4-,5+,6+,7+;2-,3-,4+,5-,6-;4-,5+,6-,7-;3-,4+,5-,6+,7+;;;;/m0010..../s1. The van der Waals surface area contributed by atoms with E-state index in [-0.39, 0.29) is 42.9 Å². The van der Waals surface area contributed by atoms with Crippen LogP contribution in [-0.2, 0) is 19.1 Å². The first-order chi connectivity index (χ1) is 23.5. The van der Waals surface area contributed by atoms with Gasteiger partial charge >= 0.3 is 5.97 Å². The number of nitrogens with one attached hydrogen (secondary N) is 1. The van der Waals surface area contributed by atoms with E-state index in [9.17, 15) is 45.3 Å². The van der Waals surface area contributed by atoms with Crippen molar-refractivity contribution in [3.8, 4) is 0 Å². The van der Waals surface area contributed by atoms with Gasteiger partial charge in [-0.2, -0.15) is 0 Å². The van der Waals surface area contributed by atoms with E-state index in [2.05, 4.69) is 5.32 Å². The molecule has 2 saturated heterocycles. The summed E-state index contributed by atoms with van der Waals surface area (Å²) >= 11 is 0. The minimum Gasteiger partial charge on any atom is -0.479 e. The average molecular weight is 824 g/mol. The first-order valence-electron chi connectivity index (χ1n) is 15.5. The zero-order chi connectivity index (χ0) is 40.5. The van der Waals surface area contributed by atoms with E-state index >= 15 is 0 Å². The molecule has 0 spiro atoms. The predicted molar refractivity (Wildman–Crippen MR) is 193 cm³/mol. The van der Waals surface area contributed by atoms with E-state index in [4.69, 9.17) is 65.6 Å². The van der Waals surface area contributed by atoms with Crippen molar-refractivity contribution in [1.29, 1.82) is 0 Å². The van der Waals surface area contributed by atoms with Crippen molar-refractivity contribution in [2.24, 2.45) is 0 Å². The van der Waals surface area contributed by atoms with Crippen molar-refractivity contribution >= 4 is 11.8 Å². The Hall–Kier alpha value is -1.66. The number of hydrogen-bond donors (Lipinski definition) is 19. The van der Waals surface area contributed by atoms with Crippen molar-refractivity contribution in [2.45, 2.75) is 160 Å². The molecule has 0 unspecified atom stereocenters. The van der Waals surface area contributed by atoms with Gasteiger partial charge in [-0.1, -0.05) is 29.7 Å². The van der Waals surface area contributed by atoms with Crippen LogP contribution >= 0.6 is 0 Å². The number of carbonyl (C=O) groups is 2. The van der Waals surface area contributed by atoms with E-state index in [0.717, 1.165) is 6.92 Å². The number of rotatable bonds is 13. The van der Waals surface area contributed by atoms with Crippen LogP contribution in [0.1, 0.15) is 50.5 Å². The fraction of sp³-hybridized carbons (Fsp3) is 0.938. The Morgan fingerprint density at radius 1 is 0.582 bits per heavy atom. The molecule has 19 N–H and O–H groups in total. The summed E-state index contributed by atoms with van der Waals surface area (Å²) in [7, 11) is 1.57. The van der Waals surface area contributed by atoms with Gasteiger partial charge in [0.05, 0.1) is 38.1 Å². The lowest BCUT2D eigenvalue weighted by Gasteiger charge is -2.38. The van der Waals surface area contributed by atoms with Crippen LogP contribution in [0.2, 0.25) is 0 Å². The summed E-state index contributed by atoms with van der Waals surface area (Å²) in [5, 5.41) is 164. The maximum Gasteiger partial charge on any atom is 0.335 e. The monoisotopic (exact) mass is 823 g/mol. The molecule has 0 amide bonds. The van der Waals surface area contributed by atoms with Crippen LogP contribution in [0.3, 0.4) is 0 Å². The second kappa shape index (κ2) is 32.3. The van der Waals surface area contributed by atoms with Crippen molar-refractivity contribution < 1.29 is 111 Å². The molecule has 2 aliphatic heterocycles. The maximum absolute atomic E-state index is 10.5. The smallest absolute Gasteiger partial charge is 0.335 e. The number of carboxylic acids is 1. The van der Waals surface area contributed by atoms with Gasteiger partial charge in [-0.15, -0.1) is 0 Å². The van der Waals surface area contributed by atoms with Gasteiger partial charge in [0.25, 0.3) is 0 Å². The minimum absolute atomic E-state index is 0. The van der Waals surface area contributed by atoms with Gasteiger partial charge in [0, 0.05) is 6.54 Å². The average Bonchev–Trinajstić information content (AvgIpc) is 3.10. The summed E-state index contributed by atoms with van der Waals surface area (Å²) in [6.45, 7) is 2.34. The molecule has 0 aromatic carbocycles. The molecule has 0 saturated carbocycles. The molecule has 23 heteroatoms. The lowest BCUT2D eigenvalue weighted by atomic mass is 9.96. The number of aliphatic carboxylic acids is 1. The zero-order valence-electron chi connectivity index (χ0n) is 28.4. The van der Waals surface area contributed by atoms with Crippen LogP contribution in [0.4, 0.5) is 0 Å². The Labute approximate surface area is 321 Å². The minimum atomic E-state index is -1.79. The van der Waals surface area contributed by atoms with Crippen LogP contribution in [0.25, 0.3) is 0 Å². The normalized spacial score (nSPS) is 31.4. The summed E-state index contributed by atoms with van der Waals surface area (Å²) in [6, 6.07) is 0. The molecule has 0 aliphatic carbocycles. The third kappa shape index (κ3) is 21.1. The van der Waals surface area contributed by atoms with Gasteiger partial charge in [-0.3, -0.25) is 4.79 Å². The Morgan fingerprint density at radius 3 is 1.29 bits per heavy atom. The third-order valence-electron chi connectivity index (χ3n) is 7.64. The van der Waals surface area contributed by atoms with E-state index in [1.54, 1.807) is 14.0 Å². The molecule has 2 aliphatic rings. The van der Waals surface area contributed by atoms with Crippen LogP contribution in [-0.4, -0.2) is 247 Å². The Bertz CT molecular complexity index is 947. The molecule has 338 valence electrons. The van der Waals surface area contributed by atoms with Gasteiger partial charge in [-0.05, 0) is 27.8 Å². The Kier molecular flexibility index (Phi) is 38.3. The third-order valence-corrected chi connectivity index (χ3v) is 7.64. The SMILES string of the molecule is C.C.C.C.CC(=O)[C@H](O)[C@@H](O)[C@H](O)[C@H](O)CO.CNC[C@H](O)[C@@H](O)[C@H](O)[C@H](O)CO.C[C@@H]1O[C@H](C(=O)O)[C@@H](O)[C@H](O)[C@H]1O.C[C@@H]1O[C@H](CO)[C@@H](O)[C@H](O)[C@H]1O. The van der Waals surface area contributed by atoms with E-state index in [1.165, 1.54) is 6.92 Å². The van der Waals surface area contributed by atoms with Crippen molar-refractivity contribution in [2.75, 3.05) is 33.4 Å². The quantitative estimate of drug-likeness (QED) is 0.0820. The summed E-state index contributed by atoms with van der Waals surface area (Å²) < 4.78 is 9.80. The number of aliphatic hydroxyl groups is 17. The van der Waals surface area contributed by atoms with Gasteiger partial charge < -0.3 is 107 Å². The lowest BCUT2D eigenvalue weighted by molar-refractivity contribution is -0.224. The number of Topliss-reactive ketones (excluding diaryl/α,β-unsaturated/α-hetero) is 1. The second-order valence-electron chi connectivity index (χ2n) is 11.7. The van der Waals surface area contributed by atoms with Crippen LogP contribution in [0.15, 0.2) is 0 Å². The van der Waals surface area contributed by atoms with E-state index in [1.807, 2.05) is 0 Å². The van der Waals surface area contributed by atoms with E-state index < -0.39 is 135 Å². The number of hydrogen-bond acceptors (Lipinski definition) is 22. The second-order valence-corrected chi connectivity index (χ2v) is 11.7. The highest BCUT2D eigenvalue weighted by Crippen LogP contribution is 2.21. The molecular formula is C32H73NO22. The van der Waals surface area contributed by atoms with Gasteiger partial charge in [0.15, 0.2) is 11.9 Å². The number of likely N-dealkylation sites (N-methyl/N-ethyl adjacent to an activating group) is 1. The predicted octanol–water partition coefficient (Wildman–Crippen LogP) is -8.01. The lowest BCUT2D eigenvalue weighted by Crippen LogP contribution is -2.58. The van der Waals surface area contributed by atoms with Gasteiger partial charge in [0.1, 0.15) is 85.5 Å². The molecular weight excluding hydrogens is 750 g/mol. The number of carboxylic acid groups (broad SMARTS) is 1. The highest BCUT2D eigenvalue weighted by Gasteiger charge is 2.45. The molecule has 0 bridgehead atoms. The summed E-state index contributed by atoms with van der Waals surface area (Å²) in [4.78, 5) is 21.0. The Morgan fingerprint density at radius 2 is 0.945 bits per heavy atom. The molecule has 0 aromatic rings. The maximum atomic E-state index is 10.5. The Balaban J connectivity index is -0.000000142. The van der Waals surface area contributed by atoms with Crippen molar-refractivity contribution in [3.63, 3.8) is 0 Å². The molecule has 2 fully saturated rings. The highest BCUT2D eigenvalue weighted by molar-refractivity contribution is 5.80. The molecule has 18 atom stereocenters. The van der Waals surface area contributed by atoms with Crippen LogP contribution in [0.5, 0.6) is 0 Å². The molecule has 2 heterocycles. The van der Waals surface area contributed by atoms with Crippen molar-refractivity contribution in [3.05, 3.63) is 0 Å². The molecule has 23 nitrogen and oxygen atoms in total. The molecule has 2 rings (SSSR count). The number of aliphatic hydroxyl groups excluding tert-OH is 17. The summed E-state index contributed by atoms with van der Waals surface area (Å²) in [5.74, 6) is -2.08. The largest absolute Gasteiger partial charge is 0.479 e. The topological polar surface area (TPSA) is 429 Å². The van der Waals surface area contributed by atoms with Crippen LogP contribution < -0.4 is 5.32 Å². The number of ether oxygens (including phenoxy) is 2. The fourth-order valence-electron chi connectivity index (χ4n) is 4.20. The number of carbonyl (C=O) groups excluding carboxylic acids is 1. The summed E-state index contributed by atoms with van der Waals surface area (Å²) in [5.41, 5.74) is 0. The van der Waals surface area contributed by atoms with Gasteiger partial charge in [0.2, 0.25) is 0 Å². The highest BCUT2D eigenvalue weighted by atomic mass is 16.6. The van der Waals surface area contributed by atoms with Gasteiger partial charge in [-0.25, -0.2) is 4.79 Å². The number of ketones is 1. The first kappa shape index (κ1) is 65.2. The molecule has 55 heavy (non-hydrogen) atoms. The van der Waals surface area contributed by atoms with Crippen LogP contribution in [0, 0.1) is 0 Å². The first-order valence-corrected chi connectivity index (χ1v) is 15.5. The molecule has 0 radical (unpaired) electrons. The summed E-state index contributed by atoms with van der Waals surface area (Å²) in [6.07, 6.45) is -24.1. The van der Waals surface area contributed by atoms with E-state index in [0.29, 0.717) is 0 Å².